The van der Waals surface area contributed by atoms with Crippen LogP contribution < -0.4 is 0 Å². The molecule has 0 saturated carbocycles. The van der Waals surface area contributed by atoms with E-state index < -0.39 is 8.32 Å². The monoisotopic (exact) mass is 247 g/mol. The van der Waals surface area contributed by atoms with Gasteiger partial charge in [0.2, 0.25) is 0 Å². The largest absolute Gasteiger partial charge is 0.414 e. The Balaban J connectivity index is 3.59. The molecule has 0 aromatic carbocycles. The highest BCUT2D eigenvalue weighted by Gasteiger charge is 2.36. The van der Waals surface area contributed by atoms with E-state index in [1.54, 1.807) is 0 Å². The van der Waals surface area contributed by atoms with Crippen LogP contribution in [0.15, 0.2) is 0 Å². The zero-order valence-electron chi connectivity index (χ0n) is 12.1. The van der Waals surface area contributed by atoms with Crippen molar-refractivity contribution in [3.8, 4) is 0 Å². The smallest absolute Gasteiger partial charge is 0.192 e. The zero-order valence-corrected chi connectivity index (χ0v) is 13.1. The molecule has 0 aromatic rings. The lowest BCUT2D eigenvalue weighted by molar-refractivity contribution is 0.0849. The summed E-state index contributed by atoms with van der Waals surface area (Å²) in [5, 5.41) is 0.288. The molecule has 0 spiro atoms. The normalized spacial score (nSPS) is 13.5. The second-order valence-corrected chi connectivity index (χ2v) is 10.8. The fourth-order valence-corrected chi connectivity index (χ4v) is 1.95. The first-order valence-electron chi connectivity index (χ1n) is 6.03. The molecule has 0 N–H and O–H groups in total. The van der Waals surface area contributed by atoms with Crippen molar-refractivity contribution in [2.75, 3.05) is 40.5 Å². The number of hydrogen-bond acceptors (Lipinski definition) is 3. The van der Waals surface area contributed by atoms with Crippen molar-refractivity contribution < 1.29 is 9.16 Å². The fraction of sp³-hybridized carbons (Fsp3) is 1.00. The highest BCUT2D eigenvalue weighted by atomic mass is 28.4. The maximum Gasteiger partial charge on any atom is 0.192 e. The van der Waals surface area contributed by atoms with Gasteiger partial charge in [-0.1, -0.05) is 20.8 Å². The minimum atomic E-state index is -1.58. The molecule has 16 heavy (non-hydrogen) atoms. The third kappa shape index (κ3) is 6.63. The van der Waals surface area contributed by atoms with E-state index in [2.05, 4.69) is 52.9 Å². The molecular formula is C12H29NO2Si. The van der Waals surface area contributed by atoms with E-state index in [0.717, 1.165) is 19.8 Å². The van der Waals surface area contributed by atoms with Crippen LogP contribution in [0.5, 0.6) is 0 Å². The lowest BCUT2D eigenvalue weighted by Crippen LogP contribution is -2.41. The van der Waals surface area contributed by atoms with Crippen LogP contribution in [-0.4, -0.2) is 53.7 Å². The van der Waals surface area contributed by atoms with E-state index in [-0.39, 0.29) is 5.04 Å². The second-order valence-electron chi connectivity index (χ2n) is 6.02. The van der Waals surface area contributed by atoms with Crippen LogP contribution in [-0.2, 0) is 9.16 Å². The predicted octanol–water partition coefficient (Wildman–Crippen LogP) is 2.59. The van der Waals surface area contributed by atoms with Crippen LogP contribution in [0.2, 0.25) is 18.1 Å². The Morgan fingerprint density at radius 1 is 1.00 bits per heavy atom. The van der Waals surface area contributed by atoms with Gasteiger partial charge in [-0.3, -0.25) is 0 Å². The molecule has 4 heteroatoms. The standard InChI is InChI=1S/C12H29NO2Si/c1-12(2,3)16(6,7)15-11-10-14-9-8-13(4)5/h8-11H2,1-7H3. The summed E-state index contributed by atoms with van der Waals surface area (Å²) in [6.45, 7) is 14.5. The summed E-state index contributed by atoms with van der Waals surface area (Å²) in [7, 11) is 2.52. The number of ether oxygens (including phenoxy) is 1. The Morgan fingerprint density at radius 3 is 2.00 bits per heavy atom. The maximum atomic E-state index is 6.00. The van der Waals surface area contributed by atoms with Crippen LogP contribution in [0.1, 0.15) is 20.8 Å². The summed E-state index contributed by atoms with van der Waals surface area (Å²) < 4.78 is 11.5. The van der Waals surface area contributed by atoms with Crippen molar-refractivity contribution in [1.82, 2.24) is 4.90 Å². The molecule has 98 valence electrons. The topological polar surface area (TPSA) is 21.7 Å². The molecule has 0 bridgehead atoms. The van der Waals surface area contributed by atoms with E-state index in [1.165, 1.54) is 0 Å². The van der Waals surface area contributed by atoms with Gasteiger partial charge >= 0.3 is 0 Å². The number of hydrogen-bond donors (Lipinski definition) is 0. The van der Waals surface area contributed by atoms with E-state index >= 15 is 0 Å². The third-order valence-corrected chi connectivity index (χ3v) is 7.72. The first-order chi connectivity index (χ1) is 7.17. The average molecular weight is 247 g/mol. The molecule has 0 aromatic heterocycles. The van der Waals surface area contributed by atoms with Gasteiger partial charge in [-0.05, 0) is 32.2 Å². The first-order valence-corrected chi connectivity index (χ1v) is 8.94. The molecule has 0 atom stereocenters. The summed E-state index contributed by atoms with van der Waals surface area (Å²) in [4.78, 5) is 2.12. The van der Waals surface area contributed by atoms with E-state index in [4.69, 9.17) is 9.16 Å². The third-order valence-electron chi connectivity index (χ3n) is 3.18. The van der Waals surface area contributed by atoms with E-state index in [9.17, 15) is 0 Å². The Labute approximate surface area is 102 Å². The van der Waals surface area contributed by atoms with E-state index in [1.807, 2.05) is 0 Å². The van der Waals surface area contributed by atoms with E-state index in [0.29, 0.717) is 6.61 Å². The Bertz CT molecular complexity index is 188. The second kappa shape index (κ2) is 6.74. The molecule has 0 aliphatic carbocycles. The van der Waals surface area contributed by atoms with Gasteiger partial charge in [0, 0.05) is 6.54 Å². The summed E-state index contributed by atoms with van der Waals surface area (Å²) in [5.41, 5.74) is 0. The SMILES string of the molecule is CN(C)CCOCCO[Si](C)(C)C(C)(C)C. The Morgan fingerprint density at radius 2 is 1.56 bits per heavy atom. The van der Waals surface area contributed by atoms with Crippen molar-refractivity contribution in [2.24, 2.45) is 0 Å². The Kier molecular flexibility index (Phi) is 6.78. The fourth-order valence-electron chi connectivity index (χ4n) is 0.921. The van der Waals surface area contributed by atoms with Crippen LogP contribution in [0, 0.1) is 0 Å². The predicted molar refractivity (Wildman–Crippen MR) is 72.5 cm³/mol. The summed E-state index contributed by atoms with van der Waals surface area (Å²) in [6, 6.07) is 0. The number of nitrogens with zero attached hydrogens (tertiary/aromatic N) is 1. The first kappa shape index (κ1) is 16.1. The number of rotatable bonds is 7. The molecule has 0 radical (unpaired) electrons. The van der Waals surface area contributed by atoms with Crippen molar-refractivity contribution in [3.05, 3.63) is 0 Å². The molecular weight excluding hydrogens is 218 g/mol. The molecule has 0 unspecified atom stereocenters. The zero-order chi connectivity index (χ0) is 12.8. The van der Waals surface area contributed by atoms with Gasteiger partial charge < -0.3 is 14.1 Å². The van der Waals surface area contributed by atoms with Gasteiger partial charge in [0.25, 0.3) is 0 Å². The molecule has 0 rings (SSSR count). The van der Waals surface area contributed by atoms with Crippen LogP contribution in [0.3, 0.4) is 0 Å². The maximum absolute atomic E-state index is 6.00. The quantitative estimate of drug-likeness (QED) is 0.510. The van der Waals surface area contributed by atoms with Crippen molar-refractivity contribution in [3.63, 3.8) is 0 Å². The highest BCUT2D eigenvalue weighted by molar-refractivity contribution is 6.74. The molecule has 0 aliphatic heterocycles. The van der Waals surface area contributed by atoms with Gasteiger partial charge in [0.15, 0.2) is 8.32 Å². The average Bonchev–Trinajstić information content (AvgIpc) is 2.08. The minimum Gasteiger partial charge on any atom is -0.414 e. The van der Waals surface area contributed by atoms with Crippen molar-refractivity contribution in [1.29, 1.82) is 0 Å². The van der Waals surface area contributed by atoms with Crippen molar-refractivity contribution in [2.45, 2.75) is 38.9 Å². The molecule has 3 nitrogen and oxygen atoms in total. The molecule has 0 saturated heterocycles. The summed E-state index contributed by atoms with van der Waals surface area (Å²) in [6.07, 6.45) is 0. The van der Waals surface area contributed by atoms with Gasteiger partial charge in [-0.2, -0.15) is 0 Å². The van der Waals surface area contributed by atoms with Crippen LogP contribution in [0.25, 0.3) is 0 Å². The summed E-state index contributed by atoms with van der Waals surface area (Å²) >= 11 is 0. The lowest BCUT2D eigenvalue weighted by atomic mass is 10.2. The minimum absolute atomic E-state index is 0.288. The van der Waals surface area contributed by atoms with Crippen molar-refractivity contribution >= 4 is 8.32 Å². The summed E-state index contributed by atoms with van der Waals surface area (Å²) in [5.74, 6) is 0. The number of likely N-dealkylation sites (N-methyl/N-ethyl adjacent to an activating group) is 1. The molecule has 0 aliphatic rings. The highest BCUT2D eigenvalue weighted by Crippen LogP contribution is 2.36. The molecule has 0 amide bonds. The van der Waals surface area contributed by atoms with Gasteiger partial charge in [-0.25, -0.2) is 0 Å². The molecule has 0 fully saturated rings. The Hall–Kier alpha value is 0.0969. The van der Waals surface area contributed by atoms with Gasteiger partial charge in [0.05, 0.1) is 19.8 Å². The van der Waals surface area contributed by atoms with Crippen LogP contribution in [0.4, 0.5) is 0 Å². The van der Waals surface area contributed by atoms with Gasteiger partial charge in [0.1, 0.15) is 0 Å². The van der Waals surface area contributed by atoms with Gasteiger partial charge in [-0.15, -0.1) is 0 Å². The molecule has 0 heterocycles. The van der Waals surface area contributed by atoms with Crippen LogP contribution >= 0.6 is 0 Å². The lowest BCUT2D eigenvalue weighted by Gasteiger charge is -2.36.